The maximum absolute atomic E-state index is 12.2. The van der Waals surface area contributed by atoms with Crippen LogP contribution in [0.5, 0.6) is 0 Å². The molecule has 0 fully saturated rings. The number of hydrogen-bond acceptors (Lipinski definition) is 7. The molecule has 1 amide bonds. The SMILES string of the molecule is Cc1cc(C)nc(NC(=O)c2csc(-c3cnccn3)n2)n1. The van der Waals surface area contributed by atoms with Gasteiger partial charge < -0.3 is 0 Å². The molecule has 0 aliphatic heterocycles. The van der Waals surface area contributed by atoms with E-state index in [1.807, 2.05) is 19.9 Å². The van der Waals surface area contributed by atoms with Crippen molar-refractivity contribution in [2.75, 3.05) is 5.32 Å². The Kier molecular flexibility index (Phi) is 3.84. The van der Waals surface area contributed by atoms with E-state index in [-0.39, 0.29) is 11.9 Å². The first kappa shape index (κ1) is 14.2. The Bertz CT molecular complexity index is 797. The Labute approximate surface area is 130 Å². The van der Waals surface area contributed by atoms with Crippen molar-refractivity contribution in [1.29, 1.82) is 0 Å². The molecule has 1 N–H and O–H groups in total. The molecule has 3 aromatic heterocycles. The predicted molar refractivity (Wildman–Crippen MR) is 82.6 cm³/mol. The van der Waals surface area contributed by atoms with Crippen LogP contribution in [0.1, 0.15) is 21.9 Å². The van der Waals surface area contributed by atoms with Crippen molar-refractivity contribution in [1.82, 2.24) is 24.9 Å². The van der Waals surface area contributed by atoms with Crippen LogP contribution in [0.4, 0.5) is 5.95 Å². The number of thiazole rings is 1. The first-order valence-electron chi connectivity index (χ1n) is 6.47. The molecule has 0 aliphatic rings. The van der Waals surface area contributed by atoms with Crippen LogP contribution in [0, 0.1) is 13.8 Å². The fourth-order valence-electron chi connectivity index (χ4n) is 1.85. The van der Waals surface area contributed by atoms with Crippen LogP contribution in [-0.2, 0) is 0 Å². The number of anilines is 1. The predicted octanol–water partition coefficient (Wildman–Crippen LogP) is 2.26. The molecule has 0 atom stereocenters. The van der Waals surface area contributed by atoms with Gasteiger partial charge in [0.05, 0.1) is 6.20 Å². The molecular formula is C14H12N6OS. The summed E-state index contributed by atoms with van der Waals surface area (Å²) in [6.07, 6.45) is 4.77. The fraction of sp³-hybridized carbons (Fsp3) is 0.143. The van der Waals surface area contributed by atoms with Gasteiger partial charge in [0.25, 0.3) is 5.91 Å². The van der Waals surface area contributed by atoms with E-state index in [0.29, 0.717) is 16.4 Å². The molecule has 3 aromatic rings. The second kappa shape index (κ2) is 5.94. The molecule has 0 saturated carbocycles. The summed E-state index contributed by atoms with van der Waals surface area (Å²) in [6, 6.07) is 1.84. The third-order valence-electron chi connectivity index (χ3n) is 2.73. The number of carbonyl (C=O) groups excluding carboxylic acids is 1. The largest absolute Gasteiger partial charge is 0.289 e. The average Bonchev–Trinajstić information content (AvgIpc) is 2.97. The molecule has 0 aromatic carbocycles. The number of carbonyl (C=O) groups is 1. The van der Waals surface area contributed by atoms with Gasteiger partial charge in [-0.15, -0.1) is 11.3 Å². The van der Waals surface area contributed by atoms with Crippen molar-refractivity contribution in [2.45, 2.75) is 13.8 Å². The van der Waals surface area contributed by atoms with Crippen molar-refractivity contribution < 1.29 is 4.79 Å². The summed E-state index contributed by atoms with van der Waals surface area (Å²) in [5, 5.41) is 4.96. The maximum Gasteiger partial charge on any atom is 0.277 e. The zero-order chi connectivity index (χ0) is 15.5. The van der Waals surface area contributed by atoms with Gasteiger partial charge in [-0.05, 0) is 19.9 Å². The Morgan fingerprint density at radius 2 is 1.91 bits per heavy atom. The number of amides is 1. The van der Waals surface area contributed by atoms with E-state index < -0.39 is 0 Å². The third-order valence-corrected chi connectivity index (χ3v) is 3.59. The van der Waals surface area contributed by atoms with Crippen LogP contribution in [0.25, 0.3) is 10.7 Å². The third kappa shape index (κ3) is 3.12. The zero-order valence-corrected chi connectivity index (χ0v) is 12.8. The van der Waals surface area contributed by atoms with Crippen molar-refractivity contribution in [3.63, 3.8) is 0 Å². The molecule has 0 unspecified atom stereocenters. The minimum Gasteiger partial charge on any atom is -0.289 e. The highest BCUT2D eigenvalue weighted by Gasteiger charge is 2.14. The molecule has 7 nitrogen and oxygen atoms in total. The highest BCUT2D eigenvalue weighted by Crippen LogP contribution is 2.21. The molecular weight excluding hydrogens is 300 g/mol. The van der Waals surface area contributed by atoms with Gasteiger partial charge in [-0.2, -0.15) is 0 Å². The molecule has 110 valence electrons. The van der Waals surface area contributed by atoms with E-state index in [9.17, 15) is 4.79 Å². The summed E-state index contributed by atoms with van der Waals surface area (Å²) < 4.78 is 0. The number of hydrogen-bond donors (Lipinski definition) is 1. The van der Waals surface area contributed by atoms with Crippen LogP contribution in [-0.4, -0.2) is 30.8 Å². The summed E-state index contributed by atoms with van der Waals surface area (Å²) in [5.74, 6) is -0.0760. The minimum atomic E-state index is -0.351. The summed E-state index contributed by atoms with van der Waals surface area (Å²) >= 11 is 1.33. The summed E-state index contributed by atoms with van der Waals surface area (Å²) in [5.41, 5.74) is 2.52. The average molecular weight is 312 g/mol. The molecule has 0 radical (unpaired) electrons. The molecule has 3 heterocycles. The molecule has 0 saturated heterocycles. The second-order valence-corrected chi connectivity index (χ2v) is 5.42. The second-order valence-electron chi connectivity index (χ2n) is 4.56. The topological polar surface area (TPSA) is 93.6 Å². The first-order chi connectivity index (χ1) is 10.6. The minimum absolute atomic E-state index is 0.275. The van der Waals surface area contributed by atoms with Crippen molar-refractivity contribution in [3.05, 3.63) is 47.1 Å². The monoisotopic (exact) mass is 312 g/mol. The number of nitrogens with one attached hydrogen (secondary N) is 1. The normalized spacial score (nSPS) is 10.5. The van der Waals surface area contributed by atoms with Crippen LogP contribution >= 0.6 is 11.3 Å². The lowest BCUT2D eigenvalue weighted by atomic mass is 10.3. The zero-order valence-electron chi connectivity index (χ0n) is 11.9. The van der Waals surface area contributed by atoms with E-state index in [4.69, 9.17) is 0 Å². The number of aryl methyl sites for hydroxylation is 2. The number of aromatic nitrogens is 5. The van der Waals surface area contributed by atoms with E-state index in [2.05, 4.69) is 30.2 Å². The Morgan fingerprint density at radius 3 is 2.59 bits per heavy atom. The number of nitrogens with zero attached hydrogens (tertiary/aromatic N) is 5. The van der Waals surface area contributed by atoms with Gasteiger partial charge in [-0.1, -0.05) is 0 Å². The van der Waals surface area contributed by atoms with E-state index in [1.54, 1.807) is 24.0 Å². The van der Waals surface area contributed by atoms with Gasteiger partial charge in [0.15, 0.2) is 0 Å². The molecule has 3 rings (SSSR count). The Morgan fingerprint density at radius 1 is 1.14 bits per heavy atom. The fourth-order valence-corrected chi connectivity index (χ4v) is 2.61. The molecule has 22 heavy (non-hydrogen) atoms. The molecule has 0 spiro atoms. The smallest absolute Gasteiger partial charge is 0.277 e. The number of rotatable bonds is 3. The lowest BCUT2D eigenvalue weighted by Crippen LogP contribution is -2.15. The Hall–Kier alpha value is -2.74. The lowest BCUT2D eigenvalue weighted by Gasteiger charge is -2.03. The van der Waals surface area contributed by atoms with Crippen molar-refractivity contribution in [2.24, 2.45) is 0 Å². The summed E-state index contributed by atoms with van der Waals surface area (Å²) in [7, 11) is 0. The van der Waals surface area contributed by atoms with E-state index >= 15 is 0 Å². The van der Waals surface area contributed by atoms with Gasteiger partial charge in [0.2, 0.25) is 5.95 Å². The van der Waals surface area contributed by atoms with Gasteiger partial charge in [-0.3, -0.25) is 20.1 Å². The highest BCUT2D eigenvalue weighted by molar-refractivity contribution is 7.13. The van der Waals surface area contributed by atoms with E-state index in [0.717, 1.165) is 11.4 Å². The van der Waals surface area contributed by atoms with Gasteiger partial charge in [0, 0.05) is 29.2 Å². The van der Waals surface area contributed by atoms with Crippen molar-refractivity contribution >= 4 is 23.2 Å². The first-order valence-corrected chi connectivity index (χ1v) is 7.35. The van der Waals surface area contributed by atoms with Crippen LogP contribution in [0.15, 0.2) is 30.0 Å². The maximum atomic E-state index is 12.2. The van der Waals surface area contributed by atoms with Gasteiger partial charge in [-0.25, -0.2) is 15.0 Å². The van der Waals surface area contributed by atoms with Crippen LogP contribution in [0.2, 0.25) is 0 Å². The quantitative estimate of drug-likeness (QED) is 0.797. The van der Waals surface area contributed by atoms with Gasteiger partial charge in [0.1, 0.15) is 16.4 Å². The lowest BCUT2D eigenvalue weighted by molar-refractivity contribution is 0.102. The van der Waals surface area contributed by atoms with Crippen LogP contribution in [0.3, 0.4) is 0 Å². The van der Waals surface area contributed by atoms with E-state index in [1.165, 1.54) is 11.3 Å². The standard InChI is InChI=1S/C14H12N6OS/c1-8-5-9(2)18-14(17-8)20-12(21)11-7-22-13(19-11)10-6-15-3-4-16-10/h3-7H,1-2H3,(H,17,18,20,21). The molecule has 0 aliphatic carbocycles. The van der Waals surface area contributed by atoms with Crippen molar-refractivity contribution in [3.8, 4) is 10.7 Å². The molecule has 0 bridgehead atoms. The summed E-state index contributed by atoms with van der Waals surface area (Å²) in [6.45, 7) is 3.69. The van der Waals surface area contributed by atoms with Gasteiger partial charge >= 0.3 is 0 Å². The highest BCUT2D eigenvalue weighted by atomic mass is 32.1. The van der Waals surface area contributed by atoms with Crippen LogP contribution < -0.4 is 5.32 Å². The Balaban J connectivity index is 1.80. The molecule has 8 heteroatoms. The summed E-state index contributed by atoms with van der Waals surface area (Å²) in [4.78, 5) is 33.0.